The molecule has 2 aromatic carbocycles. The number of aromatic nitrogens is 2. The summed E-state index contributed by atoms with van der Waals surface area (Å²) in [6.45, 7) is 6.47. The Labute approximate surface area is 203 Å². The van der Waals surface area contributed by atoms with Gasteiger partial charge in [0, 0.05) is 18.8 Å². The number of nitrogens with zero attached hydrogens (tertiary/aromatic N) is 3. The van der Waals surface area contributed by atoms with E-state index in [1.54, 1.807) is 18.2 Å². The van der Waals surface area contributed by atoms with Crippen molar-refractivity contribution in [1.82, 2.24) is 14.3 Å². The molecule has 0 bridgehead atoms. The molecular weight excluding hydrogens is 472 g/mol. The van der Waals surface area contributed by atoms with Gasteiger partial charge in [-0.05, 0) is 63.2 Å². The number of hydrogen-bond acceptors (Lipinski definition) is 8. The molecule has 3 aromatic rings. The molecule has 0 radical (unpaired) electrons. The summed E-state index contributed by atoms with van der Waals surface area (Å²) in [7, 11) is -3.63. The highest BCUT2D eigenvalue weighted by molar-refractivity contribution is 7.89. The van der Waals surface area contributed by atoms with E-state index in [9.17, 15) is 18.0 Å². The van der Waals surface area contributed by atoms with Crippen molar-refractivity contribution in [3.63, 3.8) is 0 Å². The van der Waals surface area contributed by atoms with E-state index in [1.165, 1.54) is 35.5 Å². The second-order valence-corrected chi connectivity index (χ2v) is 10.1. The number of morpholine rings is 1. The second-order valence-electron chi connectivity index (χ2n) is 8.18. The Bertz CT molecular complexity index is 1370. The Kier molecular flexibility index (Phi) is 7.10. The van der Waals surface area contributed by atoms with Crippen LogP contribution in [0.2, 0.25) is 0 Å². The van der Waals surface area contributed by atoms with Crippen LogP contribution in [0.1, 0.15) is 28.7 Å². The number of sulfonamides is 1. The maximum atomic E-state index is 12.7. The van der Waals surface area contributed by atoms with Gasteiger partial charge >= 0.3 is 5.97 Å². The van der Waals surface area contributed by atoms with Gasteiger partial charge < -0.3 is 14.8 Å². The number of anilines is 1. The summed E-state index contributed by atoms with van der Waals surface area (Å²) in [6.07, 6.45) is -1.08. The van der Waals surface area contributed by atoms with Crippen LogP contribution in [-0.2, 0) is 24.3 Å². The van der Waals surface area contributed by atoms with Crippen molar-refractivity contribution in [1.29, 1.82) is 0 Å². The van der Waals surface area contributed by atoms with Gasteiger partial charge in [-0.1, -0.05) is 0 Å². The van der Waals surface area contributed by atoms with Crippen LogP contribution < -0.4 is 5.32 Å². The van der Waals surface area contributed by atoms with Crippen molar-refractivity contribution in [2.45, 2.75) is 31.8 Å². The zero-order chi connectivity index (χ0) is 25.2. The fraction of sp³-hybridized carbons (Fsp3) is 0.333. The Morgan fingerprint density at radius 3 is 2.29 bits per heavy atom. The standard InChI is InChI=1S/C24H26N4O6S/c1-15-16(2)26-22-14-18(4-9-21(22)25-15)24(30)34-17(3)23(29)27-19-5-7-20(8-6-19)35(31,32)28-10-12-33-13-11-28/h4-9,14,17H,10-13H2,1-3H3,(H,27,29)/t17-/m0/s1. The maximum Gasteiger partial charge on any atom is 0.338 e. The molecule has 35 heavy (non-hydrogen) atoms. The predicted molar refractivity (Wildman–Crippen MR) is 129 cm³/mol. The van der Waals surface area contributed by atoms with Gasteiger partial charge in [0.05, 0.1) is 46.1 Å². The summed E-state index contributed by atoms with van der Waals surface area (Å²) in [5.41, 5.74) is 3.43. The van der Waals surface area contributed by atoms with Crippen LogP contribution in [0.3, 0.4) is 0 Å². The molecule has 1 saturated heterocycles. The van der Waals surface area contributed by atoms with Gasteiger partial charge in [0.2, 0.25) is 10.0 Å². The average Bonchev–Trinajstić information content (AvgIpc) is 2.85. The lowest BCUT2D eigenvalue weighted by Crippen LogP contribution is -2.40. The maximum absolute atomic E-state index is 12.7. The molecule has 0 unspecified atom stereocenters. The van der Waals surface area contributed by atoms with Gasteiger partial charge in [0.1, 0.15) is 0 Å². The second kappa shape index (κ2) is 10.1. The molecule has 11 heteroatoms. The molecule has 1 aliphatic rings. The molecule has 1 aliphatic heterocycles. The lowest BCUT2D eigenvalue weighted by Gasteiger charge is -2.26. The number of rotatable bonds is 6. The quantitative estimate of drug-likeness (QED) is 0.514. The smallest absolute Gasteiger partial charge is 0.338 e. The number of carbonyl (C=O) groups excluding carboxylic acids is 2. The number of hydrogen-bond donors (Lipinski definition) is 1. The zero-order valence-electron chi connectivity index (χ0n) is 19.6. The molecule has 1 N–H and O–H groups in total. The van der Waals surface area contributed by atoms with Crippen LogP contribution in [0, 0.1) is 13.8 Å². The van der Waals surface area contributed by atoms with Crippen LogP contribution in [-0.4, -0.2) is 67.0 Å². The summed E-state index contributed by atoms with van der Waals surface area (Å²) in [6, 6.07) is 10.7. The summed E-state index contributed by atoms with van der Waals surface area (Å²) < 4.78 is 37.3. The van der Waals surface area contributed by atoms with Crippen molar-refractivity contribution in [2.75, 3.05) is 31.6 Å². The van der Waals surface area contributed by atoms with Gasteiger partial charge in [0.15, 0.2) is 6.10 Å². The van der Waals surface area contributed by atoms with E-state index in [4.69, 9.17) is 9.47 Å². The molecule has 1 atom stereocenters. The minimum atomic E-state index is -3.63. The van der Waals surface area contributed by atoms with Crippen LogP contribution >= 0.6 is 0 Å². The van der Waals surface area contributed by atoms with Gasteiger partial charge in [-0.15, -0.1) is 0 Å². The van der Waals surface area contributed by atoms with Gasteiger partial charge in [-0.2, -0.15) is 4.31 Å². The third kappa shape index (κ3) is 5.47. The minimum absolute atomic E-state index is 0.127. The highest BCUT2D eigenvalue weighted by Crippen LogP contribution is 2.20. The average molecular weight is 499 g/mol. The number of ether oxygens (including phenoxy) is 2. The van der Waals surface area contributed by atoms with E-state index in [0.717, 1.165) is 11.4 Å². The molecule has 0 spiro atoms. The van der Waals surface area contributed by atoms with Crippen molar-refractivity contribution in [3.8, 4) is 0 Å². The largest absolute Gasteiger partial charge is 0.449 e. The summed E-state index contributed by atoms with van der Waals surface area (Å²) >= 11 is 0. The fourth-order valence-corrected chi connectivity index (χ4v) is 4.94. The molecule has 1 fully saturated rings. The molecule has 2 heterocycles. The number of esters is 1. The van der Waals surface area contributed by atoms with Gasteiger partial charge in [-0.3, -0.25) is 4.79 Å². The number of fused-ring (bicyclic) bond motifs is 1. The van der Waals surface area contributed by atoms with Crippen LogP contribution in [0.5, 0.6) is 0 Å². The van der Waals surface area contributed by atoms with Crippen LogP contribution in [0.25, 0.3) is 11.0 Å². The number of amides is 1. The molecule has 4 rings (SSSR count). The number of benzene rings is 2. The summed E-state index contributed by atoms with van der Waals surface area (Å²) in [5.74, 6) is -1.21. The monoisotopic (exact) mass is 498 g/mol. The van der Waals surface area contributed by atoms with Crippen molar-refractivity contribution in [2.24, 2.45) is 0 Å². The van der Waals surface area contributed by atoms with E-state index in [-0.39, 0.29) is 10.5 Å². The van der Waals surface area contributed by atoms with E-state index >= 15 is 0 Å². The first-order valence-corrected chi connectivity index (χ1v) is 12.5. The molecule has 0 saturated carbocycles. The zero-order valence-corrected chi connectivity index (χ0v) is 20.5. The van der Waals surface area contributed by atoms with Gasteiger partial charge in [-0.25, -0.2) is 23.2 Å². The number of aryl methyl sites for hydroxylation is 2. The molecule has 1 aromatic heterocycles. The minimum Gasteiger partial charge on any atom is -0.449 e. The molecule has 0 aliphatic carbocycles. The Hall–Kier alpha value is -3.41. The van der Waals surface area contributed by atoms with Gasteiger partial charge in [0.25, 0.3) is 5.91 Å². The fourth-order valence-electron chi connectivity index (χ4n) is 3.53. The van der Waals surface area contributed by atoms with Crippen LogP contribution in [0.4, 0.5) is 5.69 Å². The predicted octanol–water partition coefficient (Wildman–Crippen LogP) is 2.45. The molecule has 184 valence electrons. The topological polar surface area (TPSA) is 128 Å². The van der Waals surface area contributed by atoms with Crippen molar-refractivity contribution >= 4 is 38.6 Å². The number of carbonyl (C=O) groups is 2. The molecule has 10 nitrogen and oxygen atoms in total. The van der Waals surface area contributed by atoms with E-state index in [1.807, 2.05) is 13.8 Å². The molecular formula is C24H26N4O6S. The van der Waals surface area contributed by atoms with Crippen molar-refractivity contribution in [3.05, 3.63) is 59.4 Å². The first-order chi connectivity index (χ1) is 16.6. The Morgan fingerprint density at radius 1 is 1.00 bits per heavy atom. The third-order valence-corrected chi connectivity index (χ3v) is 7.61. The van der Waals surface area contributed by atoms with Crippen LogP contribution in [0.15, 0.2) is 47.4 Å². The van der Waals surface area contributed by atoms with E-state index in [0.29, 0.717) is 43.0 Å². The highest BCUT2D eigenvalue weighted by Gasteiger charge is 2.26. The summed E-state index contributed by atoms with van der Waals surface area (Å²) in [4.78, 5) is 34.1. The Balaban J connectivity index is 1.38. The Morgan fingerprint density at radius 2 is 1.63 bits per heavy atom. The van der Waals surface area contributed by atoms with Crippen molar-refractivity contribution < 1.29 is 27.5 Å². The highest BCUT2D eigenvalue weighted by atomic mass is 32.2. The summed E-state index contributed by atoms with van der Waals surface area (Å²) in [5, 5.41) is 2.63. The number of nitrogens with one attached hydrogen (secondary N) is 1. The first kappa shape index (κ1) is 24.7. The lowest BCUT2D eigenvalue weighted by atomic mass is 10.2. The first-order valence-electron chi connectivity index (χ1n) is 11.1. The third-order valence-electron chi connectivity index (χ3n) is 5.69. The molecule has 1 amide bonds. The normalized spacial score (nSPS) is 15.5. The SMILES string of the molecule is Cc1nc2ccc(C(=O)O[C@@H](C)C(=O)Nc3ccc(S(=O)(=O)N4CCOCC4)cc3)cc2nc1C. The lowest BCUT2D eigenvalue weighted by molar-refractivity contribution is -0.123. The van der Waals surface area contributed by atoms with E-state index < -0.39 is 28.0 Å². The van der Waals surface area contributed by atoms with E-state index in [2.05, 4.69) is 15.3 Å².